The van der Waals surface area contributed by atoms with Gasteiger partial charge in [-0.3, -0.25) is 14.5 Å². The van der Waals surface area contributed by atoms with Crippen LogP contribution in [-0.4, -0.2) is 54.3 Å². The molecule has 0 aromatic heterocycles. The summed E-state index contributed by atoms with van der Waals surface area (Å²) in [6.45, 7) is 4.04. The highest BCUT2D eigenvalue weighted by atomic mass is 35.5. The van der Waals surface area contributed by atoms with Gasteiger partial charge in [0.2, 0.25) is 5.91 Å². The molecule has 2 aliphatic heterocycles. The lowest BCUT2D eigenvalue weighted by molar-refractivity contribution is -0.131. The summed E-state index contributed by atoms with van der Waals surface area (Å²) < 4.78 is 0. The molecule has 0 saturated heterocycles. The zero-order valence-corrected chi connectivity index (χ0v) is 15.0. The van der Waals surface area contributed by atoms with Gasteiger partial charge in [-0.2, -0.15) is 0 Å². The maximum atomic E-state index is 13.0. The van der Waals surface area contributed by atoms with Gasteiger partial charge in [0.1, 0.15) is 6.54 Å². The molecular formula is C18H19ClN4O3. The lowest BCUT2D eigenvalue weighted by Crippen LogP contribution is -2.47. The number of urea groups is 1. The van der Waals surface area contributed by atoms with Crippen LogP contribution in [0.1, 0.15) is 11.6 Å². The van der Waals surface area contributed by atoms with E-state index in [0.717, 1.165) is 0 Å². The molecule has 2 N–H and O–H groups in total. The van der Waals surface area contributed by atoms with Crippen LogP contribution in [0.15, 0.2) is 48.2 Å². The summed E-state index contributed by atoms with van der Waals surface area (Å²) in [4.78, 5) is 40.2. The molecule has 2 heterocycles. The first kappa shape index (κ1) is 18.0. The van der Waals surface area contributed by atoms with E-state index in [9.17, 15) is 14.4 Å². The molecule has 0 spiro atoms. The predicted molar refractivity (Wildman–Crippen MR) is 97.3 cm³/mol. The molecule has 8 heteroatoms. The molecule has 136 valence electrons. The van der Waals surface area contributed by atoms with Gasteiger partial charge in [0, 0.05) is 18.6 Å². The minimum Gasteiger partial charge on any atom is -0.358 e. The maximum absolute atomic E-state index is 13.0. The SMILES string of the molecule is C=CCN1C(=O)N[C@H](c2ccccc2Cl)C2=C1CN(CC(=O)NC)C2=O. The molecule has 0 bridgehead atoms. The summed E-state index contributed by atoms with van der Waals surface area (Å²) in [6, 6.07) is 6.07. The molecule has 7 nitrogen and oxygen atoms in total. The quantitative estimate of drug-likeness (QED) is 0.765. The van der Waals surface area contributed by atoms with Gasteiger partial charge in [-0.05, 0) is 11.6 Å². The van der Waals surface area contributed by atoms with E-state index < -0.39 is 6.04 Å². The van der Waals surface area contributed by atoms with Crippen LogP contribution in [0.3, 0.4) is 0 Å². The van der Waals surface area contributed by atoms with Gasteiger partial charge in [-0.15, -0.1) is 6.58 Å². The third kappa shape index (κ3) is 3.06. The van der Waals surface area contributed by atoms with Gasteiger partial charge in [-0.1, -0.05) is 35.9 Å². The van der Waals surface area contributed by atoms with Gasteiger partial charge in [0.15, 0.2) is 0 Å². The van der Waals surface area contributed by atoms with Crippen molar-refractivity contribution in [2.24, 2.45) is 0 Å². The van der Waals surface area contributed by atoms with Crippen LogP contribution in [-0.2, 0) is 9.59 Å². The van der Waals surface area contributed by atoms with Gasteiger partial charge in [0.05, 0.1) is 23.9 Å². The average Bonchev–Trinajstić information content (AvgIpc) is 2.94. The largest absolute Gasteiger partial charge is 0.358 e. The van der Waals surface area contributed by atoms with Gasteiger partial charge in [0.25, 0.3) is 5.91 Å². The first-order chi connectivity index (χ1) is 12.5. The lowest BCUT2D eigenvalue weighted by atomic mass is 9.95. The first-order valence-corrected chi connectivity index (χ1v) is 8.52. The van der Waals surface area contributed by atoms with Gasteiger partial charge < -0.3 is 15.5 Å². The van der Waals surface area contributed by atoms with Crippen LogP contribution in [0, 0.1) is 0 Å². The Hall–Kier alpha value is -2.80. The molecule has 1 aromatic carbocycles. The maximum Gasteiger partial charge on any atom is 0.322 e. The number of nitrogens with one attached hydrogen (secondary N) is 2. The summed E-state index contributed by atoms with van der Waals surface area (Å²) >= 11 is 6.29. The standard InChI is InChI=1S/C18H19ClN4O3/c1-3-8-23-13-9-22(10-14(24)20-2)17(25)15(13)16(21-18(23)26)11-6-4-5-7-12(11)19/h3-7,16H,1,8-10H2,2H3,(H,20,24)(H,21,26)/t16-/m1/s1. The number of benzene rings is 1. The Bertz CT molecular complexity index is 820. The number of rotatable bonds is 5. The Labute approximate surface area is 156 Å². The summed E-state index contributed by atoms with van der Waals surface area (Å²) in [5.74, 6) is -0.565. The Kier molecular flexibility index (Phi) is 4.99. The number of halogens is 1. The minimum atomic E-state index is -0.658. The molecule has 4 amide bonds. The Balaban J connectivity index is 2.04. The summed E-state index contributed by atoms with van der Waals surface area (Å²) in [6.07, 6.45) is 1.59. The molecule has 2 aliphatic rings. The van der Waals surface area contributed by atoms with Crippen molar-refractivity contribution in [2.75, 3.05) is 26.7 Å². The highest BCUT2D eigenvalue weighted by Crippen LogP contribution is 2.38. The van der Waals surface area contributed by atoms with E-state index in [1.807, 2.05) is 0 Å². The second-order valence-electron chi connectivity index (χ2n) is 6.00. The number of likely N-dealkylation sites (N-methyl/N-ethyl adjacent to an activating group) is 1. The van der Waals surface area contributed by atoms with E-state index in [4.69, 9.17) is 11.6 Å². The molecule has 1 atom stereocenters. The summed E-state index contributed by atoms with van der Waals surface area (Å²) in [5, 5.41) is 5.81. The zero-order chi connectivity index (χ0) is 18.8. The monoisotopic (exact) mass is 374 g/mol. The van der Waals surface area contributed by atoms with Crippen molar-refractivity contribution in [3.05, 3.63) is 58.8 Å². The molecule has 3 rings (SSSR count). The summed E-state index contributed by atoms with van der Waals surface area (Å²) in [7, 11) is 1.51. The Morgan fingerprint density at radius 3 is 2.81 bits per heavy atom. The highest BCUT2D eigenvalue weighted by molar-refractivity contribution is 6.31. The molecule has 0 saturated carbocycles. The van der Waals surface area contributed by atoms with Crippen molar-refractivity contribution < 1.29 is 14.4 Å². The summed E-state index contributed by atoms with van der Waals surface area (Å²) in [5.41, 5.74) is 1.65. The van der Waals surface area contributed by atoms with Crippen molar-refractivity contribution in [3.63, 3.8) is 0 Å². The van der Waals surface area contributed by atoms with Crippen LogP contribution in [0.2, 0.25) is 5.02 Å². The lowest BCUT2D eigenvalue weighted by Gasteiger charge is -2.33. The van der Waals surface area contributed by atoms with Gasteiger partial charge in [-0.25, -0.2) is 4.79 Å². The van der Waals surface area contributed by atoms with Crippen LogP contribution in [0.4, 0.5) is 4.79 Å². The van der Waals surface area contributed by atoms with E-state index >= 15 is 0 Å². The molecular weight excluding hydrogens is 356 g/mol. The fraction of sp³-hybridized carbons (Fsp3) is 0.278. The van der Waals surface area contributed by atoms with Crippen molar-refractivity contribution >= 4 is 29.4 Å². The van der Waals surface area contributed by atoms with Crippen LogP contribution in [0.5, 0.6) is 0 Å². The van der Waals surface area contributed by atoms with Crippen LogP contribution in [0.25, 0.3) is 0 Å². The van der Waals surface area contributed by atoms with E-state index in [0.29, 0.717) is 21.9 Å². The molecule has 26 heavy (non-hydrogen) atoms. The Morgan fingerprint density at radius 2 is 2.15 bits per heavy atom. The minimum absolute atomic E-state index is 0.0757. The molecule has 0 unspecified atom stereocenters. The fourth-order valence-electron chi connectivity index (χ4n) is 3.19. The average molecular weight is 375 g/mol. The van der Waals surface area contributed by atoms with Gasteiger partial charge >= 0.3 is 6.03 Å². The van der Waals surface area contributed by atoms with E-state index in [2.05, 4.69) is 17.2 Å². The number of hydrogen-bond acceptors (Lipinski definition) is 3. The van der Waals surface area contributed by atoms with Crippen LogP contribution >= 0.6 is 11.6 Å². The number of nitrogens with zero attached hydrogens (tertiary/aromatic N) is 2. The highest BCUT2D eigenvalue weighted by Gasteiger charge is 2.44. The zero-order valence-electron chi connectivity index (χ0n) is 14.3. The van der Waals surface area contributed by atoms with E-state index in [-0.39, 0.29) is 37.5 Å². The van der Waals surface area contributed by atoms with Crippen molar-refractivity contribution in [3.8, 4) is 0 Å². The third-order valence-electron chi connectivity index (χ3n) is 4.44. The number of amides is 4. The van der Waals surface area contributed by atoms with Crippen LogP contribution < -0.4 is 10.6 Å². The van der Waals surface area contributed by atoms with Crippen molar-refractivity contribution in [2.45, 2.75) is 6.04 Å². The smallest absolute Gasteiger partial charge is 0.322 e. The van der Waals surface area contributed by atoms with E-state index in [1.54, 1.807) is 30.3 Å². The Morgan fingerprint density at radius 1 is 1.42 bits per heavy atom. The van der Waals surface area contributed by atoms with Crippen molar-refractivity contribution in [1.82, 2.24) is 20.4 Å². The second-order valence-corrected chi connectivity index (χ2v) is 6.41. The first-order valence-electron chi connectivity index (χ1n) is 8.14. The van der Waals surface area contributed by atoms with Crippen molar-refractivity contribution in [1.29, 1.82) is 0 Å². The topological polar surface area (TPSA) is 81.8 Å². The molecule has 1 aromatic rings. The molecule has 0 fully saturated rings. The number of hydrogen-bond donors (Lipinski definition) is 2. The molecule has 0 radical (unpaired) electrons. The third-order valence-corrected chi connectivity index (χ3v) is 4.78. The molecule has 0 aliphatic carbocycles. The van der Waals surface area contributed by atoms with E-state index in [1.165, 1.54) is 16.8 Å². The normalized spacial score (nSPS) is 19.4. The number of carbonyl (C=O) groups excluding carboxylic acids is 3. The number of carbonyl (C=O) groups is 3. The predicted octanol–water partition coefficient (Wildman–Crippen LogP) is 1.43. The fourth-order valence-corrected chi connectivity index (χ4v) is 3.44. The second kappa shape index (κ2) is 7.21.